The molecule has 4 N–H and O–H groups in total. The molecule has 1 amide bonds. The Balaban J connectivity index is 1.08. The van der Waals surface area contributed by atoms with Crippen molar-refractivity contribution in [1.82, 2.24) is 26.2 Å². The second kappa shape index (κ2) is 12.1. The van der Waals surface area contributed by atoms with Gasteiger partial charge in [0.25, 0.3) is 0 Å². The number of carbonyl (C=O) groups excluding carboxylic acids is 1. The zero-order chi connectivity index (χ0) is 22.3. The van der Waals surface area contributed by atoms with E-state index in [0.717, 1.165) is 63.6 Å². The van der Waals surface area contributed by atoms with E-state index in [9.17, 15) is 4.79 Å². The van der Waals surface area contributed by atoms with E-state index >= 15 is 0 Å². The van der Waals surface area contributed by atoms with Crippen LogP contribution in [0.25, 0.3) is 0 Å². The summed E-state index contributed by atoms with van der Waals surface area (Å²) in [7, 11) is 4.05. The summed E-state index contributed by atoms with van der Waals surface area (Å²) in [5, 5.41) is 14.4. The zero-order valence-corrected chi connectivity index (χ0v) is 20.4. The molecule has 2 saturated carbocycles. The van der Waals surface area contributed by atoms with Crippen LogP contribution in [-0.2, 0) is 9.53 Å². The molecule has 2 heterocycles. The Morgan fingerprint density at radius 3 is 2.31 bits per heavy atom. The lowest BCUT2D eigenvalue weighted by Gasteiger charge is -2.40. The monoisotopic (exact) mass is 449 g/mol. The average Bonchev–Trinajstić information content (AvgIpc) is 3.24. The minimum absolute atomic E-state index is 0.202. The van der Waals surface area contributed by atoms with E-state index in [1.165, 1.54) is 45.1 Å². The van der Waals surface area contributed by atoms with Gasteiger partial charge in [0.15, 0.2) is 0 Å². The van der Waals surface area contributed by atoms with Crippen LogP contribution in [0.2, 0.25) is 0 Å². The van der Waals surface area contributed by atoms with Gasteiger partial charge in [-0.15, -0.1) is 0 Å². The van der Waals surface area contributed by atoms with E-state index in [-0.39, 0.29) is 18.1 Å². The fraction of sp³-hybridized carbons (Fsp3) is 0.960. The lowest BCUT2D eigenvalue weighted by molar-refractivity contribution is -0.126. The van der Waals surface area contributed by atoms with Crippen molar-refractivity contribution in [2.45, 2.75) is 95.1 Å². The van der Waals surface area contributed by atoms with Crippen molar-refractivity contribution in [3.05, 3.63) is 0 Å². The maximum Gasteiger partial charge on any atom is 0.223 e. The van der Waals surface area contributed by atoms with Gasteiger partial charge >= 0.3 is 0 Å². The molecule has 7 nitrogen and oxygen atoms in total. The Kier molecular flexibility index (Phi) is 9.23. The number of rotatable bonds is 8. The third kappa shape index (κ3) is 6.66. The maximum atomic E-state index is 12.6. The molecule has 4 fully saturated rings. The first kappa shape index (κ1) is 24.4. The van der Waals surface area contributed by atoms with Crippen LogP contribution >= 0.6 is 0 Å². The summed E-state index contributed by atoms with van der Waals surface area (Å²) in [6, 6.07) is 1.16. The standard InChI is InChI=1S/C25H47N5O2/c1-30-15-3-4-22(30)13-14-26-24(31)19-5-9-21(10-6-19)29-25-27-16-20(17-28-25)18-7-11-23(32-2)12-8-18/h18-23,25,27-29H,3-17H2,1-2H3,(H,26,31). The lowest BCUT2D eigenvalue weighted by atomic mass is 9.78. The van der Waals surface area contributed by atoms with Crippen molar-refractivity contribution < 1.29 is 9.53 Å². The first-order valence-electron chi connectivity index (χ1n) is 13.4. The molecular formula is C25H47N5O2. The summed E-state index contributed by atoms with van der Waals surface area (Å²) in [5.74, 6) is 2.04. The van der Waals surface area contributed by atoms with Gasteiger partial charge in [-0.05, 0) is 96.1 Å². The summed E-state index contributed by atoms with van der Waals surface area (Å²) in [6.07, 6.45) is 13.6. The van der Waals surface area contributed by atoms with Crippen LogP contribution in [0.4, 0.5) is 0 Å². The van der Waals surface area contributed by atoms with E-state index in [1.54, 1.807) is 0 Å². The zero-order valence-electron chi connectivity index (χ0n) is 20.4. The van der Waals surface area contributed by atoms with Crippen LogP contribution < -0.4 is 21.3 Å². The van der Waals surface area contributed by atoms with Crippen LogP contribution in [0.1, 0.15) is 70.6 Å². The third-order valence-electron chi connectivity index (χ3n) is 8.84. The molecule has 2 aliphatic carbocycles. The highest BCUT2D eigenvalue weighted by molar-refractivity contribution is 5.78. The van der Waals surface area contributed by atoms with E-state index in [0.29, 0.717) is 18.2 Å². The number of hydrogen-bond acceptors (Lipinski definition) is 6. The fourth-order valence-corrected chi connectivity index (χ4v) is 6.54. The van der Waals surface area contributed by atoms with Crippen LogP contribution in [0.15, 0.2) is 0 Å². The number of hydrogen-bond donors (Lipinski definition) is 4. The van der Waals surface area contributed by atoms with Gasteiger partial charge in [-0.25, -0.2) is 0 Å². The molecule has 1 atom stereocenters. The highest BCUT2D eigenvalue weighted by atomic mass is 16.5. The Labute approximate surface area is 195 Å². The Bertz CT molecular complexity index is 567. The normalized spacial score (nSPS) is 39.1. The molecule has 184 valence electrons. The molecule has 4 rings (SSSR count). The van der Waals surface area contributed by atoms with E-state index in [1.807, 2.05) is 7.11 Å². The first-order valence-corrected chi connectivity index (χ1v) is 13.4. The summed E-state index contributed by atoms with van der Waals surface area (Å²) in [6.45, 7) is 4.23. The topological polar surface area (TPSA) is 77.7 Å². The van der Waals surface area contributed by atoms with Crippen molar-refractivity contribution in [3.63, 3.8) is 0 Å². The molecule has 32 heavy (non-hydrogen) atoms. The first-order chi connectivity index (χ1) is 15.6. The molecule has 7 heteroatoms. The van der Waals surface area contributed by atoms with E-state index in [4.69, 9.17) is 4.74 Å². The van der Waals surface area contributed by atoms with Crippen molar-refractivity contribution in [1.29, 1.82) is 0 Å². The number of nitrogens with one attached hydrogen (secondary N) is 4. The SMILES string of the molecule is COC1CCC(C2CNC(NC3CCC(C(=O)NCCC4CCCN4C)CC3)NC2)CC1. The van der Waals surface area contributed by atoms with Gasteiger partial charge in [0.2, 0.25) is 5.91 Å². The number of ether oxygens (including phenoxy) is 1. The highest BCUT2D eigenvalue weighted by Crippen LogP contribution is 2.32. The van der Waals surface area contributed by atoms with Gasteiger partial charge in [0.1, 0.15) is 6.29 Å². The second-order valence-corrected chi connectivity index (χ2v) is 10.9. The molecule has 2 aliphatic heterocycles. The maximum absolute atomic E-state index is 12.6. The number of carbonyl (C=O) groups is 1. The van der Waals surface area contributed by atoms with Crippen LogP contribution in [0.5, 0.6) is 0 Å². The molecule has 0 aromatic heterocycles. The summed E-state index contributed by atoms with van der Waals surface area (Å²) in [5.41, 5.74) is 0. The highest BCUT2D eigenvalue weighted by Gasteiger charge is 2.32. The Morgan fingerprint density at radius 2 is 1.69 bits per heavy atom. The van der Waals surface area contributed by atoms with Crippen molar-refractivity contribution in [2.24, 2.45) is 17.8 Å². The molecule has 0 aromatic carbocycles. The van der Waals surface area contributed by atoms with E-state index < -0.39 is 0 Å². The molecule has 0 spiro atoms. The fourth-order valence-electron chi connectivity index (χ4n) is 6.54. The summed E-state index contributed by atoms with van der Waals surface area (Å²) < 4.78 is 5.53. The molecule has 1 unspecified atom stereocenters. The van der Waals surface area contributed by atoms with Gasteiger partial charge < -0.3 is 15.0 Å². The minimum atomic E-state index is 0.202. The van der Waals surface area contributed by atoms with Crippen LogP contribution in [0, 0.1) is 17.8 Å². The quantitative estimate of drug-likeness (QED) is 0.454. The van der Waals surface area contributed by atoms with Gasteiger partial charge in [-0.2, -0.15) is 0 Å². The molecule has 0 radical (unpaired) electrons. The Hall–Kier alpha value is -0.730. The predicted octanol–water partition coefficient (Wildman–Crippen LogP) is 2.03. The number of likely N-dealkylation sites (tertiary alicyclic amines) is 1. The number of amides is 1. The summed E-state index contributed by atoms with van der Waals surface area (Å²) >= 11 is 0. The average molecular weight is 450 g/mol. The number of methoxy groups -OCH3 is 1. The lowest BCUT2D eigenvalue weighted by Crippen LogP contribution is -2.63. The molecule has 4 aliphatic rings. The van der Waals surface area contributed by atoms with Crippen LogP contribution in [0.3, 0.4) is 0 Å². The summed E-state index contributed by atoms with van der Waals surface area (Å²) in [4.78, 5) is 15.0. The Morgan fingerprint density at radius 1 is 0.969 bits per heavy atom. The minimum Gasteiger partial charge on any atom is -0.381 e. The van der Waals surface area contributed by atoms with Crippen LogP contribution in [-0.4, -0.2) is 75.6 Å². The van der Waals surface area contributed by atoms with Gasteiger partial charge in [-0.1, -0.05) is 0 Å². The molecule has 0 bridgehead atoms. The third-order valence-corrected chi connectivity index (χ3v) is 8.84. The van der Waals surface area contributed by atoms with Crippen molar-refractivity contribution >= 4 is 5.91 Å². The second-order valence-electron chi connectivity index (χ2n) is 10.9. The number of nitrogens with zero attached hydrogens (tertiary/aromatic N) is 1. The molecular weight excluding hydrogens is 402 g/mol. The smallest absolute Gasteiger partial charge is 0.223 e. The largest absolute Gasteiger partial charge is 0.381 e. The van der Waals surface area contributed by atoms with Gasteiger partial charge in [0.05, 0.1) is 6.10 Å². The van der Waals surface area contributed by atoms with Crippen molar-refractivity contribution in [3.8, 4) is 0 Å². The van der Waals surface area contributed by atoms with Crippen molar-refractivity contribution in [2.75, 3.05) is 40.3 Å². The van der Waals surface area contributed by atoms with Gasteiger partial charge in [0, 0.05) is 44.7 Å². The molecule has 2 saturated heterocycles. The van der Waals surface area contributed by atoms with E-state index in [2.05, 4.69) is 33.2 Å². The van der Waals surface area contributed by atoms with Gasteiger partial charge in [-0.3, -0.25) is 20.7 Å². The predicted molar refractivity (Wildman–Crippen MR) is 128 cm³/mol. The molecule has 0 aromatic rings.